The number of phenols is 1. The summed E-state index contributed by atoms with van der Waals surface area (Å²) in [5.74, 6) is 0.266. The molecule has 0 saturated heterocycles. The van der Waals surface area contributed by atoms with Gasteiger partial charge in [0.05, 0.1) is 0 Å². The number of carbonyl (C=O) groups is 1. The van der Waals surface area contributed by atoms with Crippen LogP contribution < -0.4 is 5.32 Å². The maximum Gasteiger partial charge on any atom is 0.256 e. The fraction of sp³-hybridized carbons (Fsp3) is 0.375. The number of phenolic OH excluding ortho intramolecular Hbond substituents is 1. The first-order valence-corrected chi connectivity index (χ1v) is 9.40. The molecule has 0 bridgehead atoms. The maximum atomic E-state index is 12.5. The molecule has 3 rings (SSSR count). The Balaban J connectivity index is 2.23. The minimum Gasteiger partial charge on any atom is -0.507 e. The second-order valence-electron chi connectivity index (χ2n) is 9.53. The summed E-state index contributed by atoms with van der Waals surface area (Å²) in [6.45, 7) is 14.6. The zero-order valence-electron chi connectivity index (χ0n) is 17.3. The van der Waals surface area contributed by atoms with Gasteiger partial charge in [-0.1, -0.05) is 53.2 Å². The molecule has 0 atom stereocenters. The van der Waals surface area contributed by atoms with Crippen LogP contribution in [0.3, 0.4) is 0 Å². The molecule has 0 aromatic heterocycles. The van der Waals surface area contributed by atoms with E-state index in [4.69, 9.17) is 0 Å². The van der Waals surface area contributed by atoms with Crippen molar-refractivity contribution >= 4 is 23.2 Å². The van der Waals surface area contributed by atoms with Gasteiger partial charge in [0, 0.05) is 28.0 Å². The van der Waals surface area contributed by atoms with E-state index in [1.165, 1.54) is 0 Å². The standard InChI is InChI=1S/C24H29NO2/c1-14-8-9-20-16(10-14)17(22(27)25-20)11-15-12-18(23(2,3)4)21(26)19(13-15)24(5,6)7/h8-13,26H,1-7H3,(H,25,27). The van der Waals surface area contributed by atoms with Gasteiger partial charge in [-0.25, -0.2) is 0 Å². The molecule has 27 heavy (non-hydrogen) atoms. The average Bonchev–Trinajstić information content (AvgIpc) is 2.82. The molecule has 3 nitrogen and oxygen atoms in total. The van der Waals surface area contributed by atoms with E-state index in [2.05, 4.69) is 46.9 Å². The third-order valence-electron chi connectivity index (χ3n) is 5.02. The van der Waals surface area contributed by atoms with Crippen LogP contribution in [-0.2, 0) is 15.6 Å². The van der Waals surface area contributed by atoms with Crippen LogP contribution in [-0.4, -0.2) is 11.0 Å². The second kappa shape index (κ2) is 6.26. The molecule has 2 N–H and O–H groups in total. The molecule has 0 aliphatic carbocycles. The van der Waals surface area contributed by atoms with Gasteiger partial charge in [0.15, 0.2) is 0 Å². The third-order valence-corrected chi connectivity index (χ3v) is 5.02. The Labute approximate surface area is 162 Å². The lowest BCUT2D eigenvalue weighted by molar-refractivity contribution is -0.110. The van der Waals surface area contributed by atoms with Gasteiger partial charge in [-0.2, -0.15) is 0 Å². The van der Waals surface area contributed by atoms with Crippen LogP contribution in [0.2, 0.25) is 0 Å². The first-order valence-electron chi connectivity index (χ1n) is 9.40. The first-order chi connectivity index (χ1) is 12.4. The molecule has 3 heteroatoms. The van der Waals surface area contributed by atoms with E-state index in [9.17, 15) is 9.90 Å². The molecule has 2 aromatic carbocycles. The van der Waals surface area contributed by atoms with Crippen LogP contribution in [0.1, 0.15) is 69.4 Å². The topological polar surface area (TPSA) is 49.3 Å². The lowest BCUT2D eigenvalue weighted by atomic mass is 9.78. The van der Waals surface area contributed by atoms with Gasteiger partial charge in [-0.05, 0) is 53.7 Å². The van der Waals surface area contributed by atoms with Gasteiger partial charge in [0.25, 0.3) is 5.91 Å². The van der Waals surface area contributed by atoms with E-state index in [0.717, 1.165) is 33.5 Å². The molecule has 1 amide bonds. The van der Waals surface area contributed by atoms with Crippen LogP contribution in [0.25, 0.3) is 11.6 Å². The van der Waals surface area contributed by atoms with Crippen LogP contribution in [0.5, 0.6) is 5.75 Å². The smallest absolute Gasteiger partial charge is 0.256 e. The van der Waals surface area contributed by atoms with Crippen molar-refractivity contribution < 1.29 is 9.90 Å². The summed E-state index contributed by atoms with van der Waals surface area (Å²) in [5, 5.41) is 13.8. The second-order valence-corrected chi connectivity index (χ2v) is 9.53. The summed E-state index contributed by atoms with van der Waals surface area (Å²) in [6, 6.07) is 9.98. The SMILES string of the molecule is Cc1ccc2c(c1)C(=Cc1cc(C(C)(C)C)c(O)c(C(C)(C)C)c1)C(=O)N2. The van der Waals surface area contributed by atoms with Gasteiger partial charge < -0.3 is 10.4 Å². The highest BCUT2D eigenvalue weighted by molar-refractivity contribution is 6.35. The van der Waals surface area contributed by atoms with Gasteiger partial charge in [0.2, 0.25) is 0 Å². The number of carbonyl (C=O) groups excluding carboxylic acids is 1. The highest BCUT2D eigenvalue weighted by Gasteiger charge is 2.28. The van der Waals surface area contributed by atoms with Crippen molar-refractivity contribution in [3.8, 4) is 5.75 Å². The number of anilines is 1. The van der Waals surface area contributed by atoms with E-state index in [1.807, 2.05) is 43.3 Å². The molecule has 0 radical (unpaired) electrons. The Morgan fingerprint density at radius 3 is 2.00 bits per heavy atom. The fourth-order valence-electron chi connectivity index (χ4n) is 3.50. The van der Waals surface area contributed by atoms with Crippen molar-refractivity contribution in [2.75, 3.05) is 5.32 Å². The van der Waals surface area contributed by atoms with Crippen LogP contribution in [0, 0.1) is 6.92 Å². The predicted molar refractivity (Wildman–Crippen MR) is 113 cm³/mol. The molecule has 1 aliphatic rings. The van der Waals surface area contributed by atoms with E-state index in [1.54, 1.807) is 0 Å². The zero-order valence-corrected chi connectivity index (χ0v) is 17.3. The number of benzene rings is 2. The molecule has 1 aliphatic heterocycles. The molecule has 0 saturated carbocycles. The lowest BCUT2D eigenvalue weighted by Crippen LogP contribution is -2.17. The minimum absolute atomic E-state index is 0.0849. The average molecular weight is 364 g/mol. The van der Waals surface area contributed by atoms with Crippen molar-refractivity contribution in [3.05, 3.63) is 58.1 Å². The number of fused-ring (bicyclic) bond motifs is 1. The van der Waals surface area contributed by atoms with E-state index in [-0.39, 0.29) is 16.7 Å². The molecular weight excluding hydrogens is 334 g/mol. The molecule has 142 valence electrons. The monoisotopic (exact) mass is 363 g/mol. The number of hydrogen-bond donors (Lipinski definition) is 2. The van der Waals surface area contributed by atoms with Gasteiger partial charge in [-0.15, -0.1) is 0 Å². The Bertz CT molecular complexity index is 918. The first kappa shape index (κ1) is 19.2. The molecular formula is C24H29NO2. The number of nitrogens with one attached hydrogen (secondary N) is 1. The third kappa shape index (κ3) is 3.64. The quantitative estimate of drug-likeness (QED) is 0.630. The summed E-state index contributed by atoms with van der Waals surface area (Å²) < 4.78 is 0. The lowest BCUT2D eigenvalue weighted by Gasteiger charge is -2.28. The maximum absolute atomic E-state index is 12.5. The molecule has 0 spiro atoms. The number of aryl methyl sites for hydroxylation is 1. The number of hydrogen-bond acceptors (Lipinski definition) is 2. The van der Waals surface area contributed by atoms with Crippen LogP contribution in [0.15, 0.2) is 30.3 Å². The van der Waals surface area contributed by atoms with Crippen molar-refractivity contribution in [2.45, 2.75) is 59.3 Å². The fourth-order valence-corrected chi connectivity index (χ4v) is 3.50. The number of rotatable bonds is 1. The molecule has 1 heterocycles. The number of amides is 1. The van der Waals surface area contributed by atoms with E-state index in [0.29, 0.717) is 11.3 Å². The Morgan fingerprint density at radius 2 is 1.48 bits per heavy atom. The Kier molecular flexibility index (Phi) is 4.46. The van der Waals surface area contributed by atoms with E-state index < -0.39 is 0 Å². The van der Waals surface area contributed by atoms with Crippen molar-refractivity contribution in [3.63, 3.8) is 0 Å². The van der Waals surface area contributed by atoms with Crippen LogP contribution >= 0.6 is 0 Å². The van der Waals surface area contributed by atoms with Crippen molar-refractivity contribution in [1.82, 2.24) is 0 Å². The largest absolute Gasteiger partial charge is 0.507 e. The summed E-state index contributed by atoms with van der Waals surface area (Å²) >= 11 is 0. The van der Waals surface area contributed by atoms with Crippen molar-refractivity contribution in [1.29, 1.82) is 0 Å². The summed E-state index contributed by atoms with van der Waals surface area (Å²) in [4.78, 5) is 12.5. The number of aromatic hydroxyl groups is 1. The summed E-state index contributed by atoms with van der Waals surface area (Å²) in [5.41, 5.74) is 5.88. The Hall–Kier alpha value is -2.55. The van der Waals surface area contributed by atoms with Crippen LogP contribution in [0.4, 0.5) is 5.69 Å². The summed E-state index contributed by atoms with van der Waals surface area (Å²) in [6.07, 6.45) is 1.94. The molecule has 0 fully saturated rings. The zero-order chi connectivity index (χ0) is 20.1. The van der Waals surface area contributed by atoms with Gasteiger partial charge in [0.1, 0.15) is 5.75 Å². The summed E-state index contributed by atoms with van der Waals surface area (Å²) in [7, 11) is 0. The van der Waals surface area contributed by atoms with Gasteiger partial charge in [-0.3, -0.25) is 4.79 Å². The Morgan fingerprint density at radius 1 is 0.926 bits per heavy atom. The predicted octanol–water partition coefficient (Wildman–Crippen LogP) is 5.79. The van der Waals surface area contributed by atoms with Gasteiger partial charge >= 0.3 is 0 Å². The van der Waals surface area contributed by atoms with E-state index >= 15 is 0 Å². The minimum atomic E-state index is -0.203. The molecule has 0 unspecified atom stereocenters. The highest BCUT2D eigenvalue weighted by atomic mass is 16.3. The molecule has 2 aromatic rings. The normalized spacial score (nSPS) is 15.8. The van der Waals surface area contributed by atoms with Crippen molar-refractivity contribution in [2.24, 2.45) is 0 Å². The highest BCUT2D eigenvalue weighted by Crippen LogP contribution is 2.41.